The fourth-order valence-corrected chi connectivity index (χ4v) is 3.95. The molecule has 1 amide bonds. The first-order valence-corrected chi connectivity index (χ1v) is 8.28. The number of thiophene rings is 1. The van der Waals surface area contributed by atoms with Crippen LogP contribution in [0.5, 0.6) is 0 Å². The zero-order chi connectivity index (χ0) is 15.6. The standard InChI is InChI=1S/C16H23NO3S/c1-4-10-5-6-12-11(7-10)8-13(21-12)15(20)17-16(2,3)9-14(18)19/h8,10H,4-7,9H2,1-3H3,(H,17,20)(H,18,19). The van der Waals surface area contributed by atoms with Crippen molar-refractivity contribution in [3.8, 4) is 0 Å². The van der Waals surface area contributed by atoms with Gasteiger partial charge in [-0.05, 0) is 50.7 Å². The Balaban J connectivity index is 2.07. The van der Waals surface area contributed by atoms with Crippen LogP contribution in [0.25, 0.3) is 0 Å². The Morgan fingerprint density at radius 2 is 2.19 bits per heavy atom. The van der Waals surface area contributed by atoms with Gasteiger partial charge in [-0.15, -0.1) is 11.3 Å². The molecule has 0 saturated heterocycles. The summed E-state index contributed by atoms with van der Waals surface area (Å²) in [7, 11) is 0. The molecule has 0 saturated carbocycles. The summed E-state index contributed by atoms with van der Waals surface area (Å²) in [5.41, 5.74) is 0.568. The van der Waals surface area contributed by atoms with Gasteiger partial charge in [-0.3, -0.25) is 9.59 Å². The van der Waals surface area contributed by atoms with E-state index in [1.807, 2.05) is 6.07 Å². The van der Waals surface area contributed by atoms with E-state index in [-0.39, 0.29) is 12.3 Å². The van der Waals surface area contributed by atoms with Crippen molar-refractivity contribution in [2.45, 2.75) is 58.4 Å². The molecule has 0 fully saturated rings. The molecule has 116 valence electrons. The van der Waals surface area contributed by atoms with Gasteiger partial charge in [0.2, 0.25) is 0 Å². The molecule has 2 N–H and O–H groups in total. The molecule has 1 aromatic heterocycles. The highest BCUT2D eigenvalue weighted by Crippen LogP contribution is 2.33. The molecule has 21 heavy (non-hydrogen) atoms. The van der Waals surface area contributed by atoms with Gasteiger partial charge in [0.15, 0.2) is 0 Å². The van der Waals surface area contributed by atoms with E-state index in [1.165, 1.54) is 23.3 Å². The van der Waals surface area contributed by atoms with Crippen molar-refractivity contribution in [2.75, 3.05) is 0 Å². The lowest BCUT2D eigenvalue weighted by molar-refractivity contribution is -0.138. The zero-order valence-corrected chi connectivity index (χ0v) is 13.7. The normalized spacial score (nSPS) is 18.1. The minimum atomic E-state index is -0.906. The molecule has 0 aromatic carbocycles. The maximum atomic E-state index is 12.3. The summed E-state index contributed by atoms with van der Waals surface area (Å²) in [6.45, 7) is 5.68. The van der Waals surface area contributed by atoms with Crippen LogP contribution < -0.4 is 5.32 Å². The number of aryl methyl sites for hydroxylation is 1. The average molecular weight is 309 g/mol. The van der Waals surface area contributed by atoms with Crippen LogP contribution in [0.2, 0.25) is 0 Å². The molecule has 1 aliphatic rings. The number of aliphatic carboxylic acids is 1. The first kappa shape index (κ1) is 16.0. The van der Waals surface area contributed by atoms with Crippen LogP contribution in [0.15, 0.2) is 6.07 Å². The topological polar surface area (TPSA) is 66.4 Å². The van der Waals surface area contributed by atoms with Gasteiger partial charge in [0.1, 0.15) is 0 Å². The third-order valence-electron chi connectivity index (χ3n) is 4.03. The number of carboxylic acids is 1. The molecular weight excluding hydrogens is 286 g/mol. The Morgan fingerprint density at radius 1 is 1.48 bits per heavy atom. The van der Waals surface area contributed by atoms with Crippen LogP contribution in [-0.4, -0.2) is 22.5 Å². The molecule has 0 aliphatic heterocycles. The molecule has 0 radical (unpaired) electrons. The van der Waals surface area contributed by atoms with Crippen LogP contribution in [0.1, 0.15) is 60.1 Å². The van der Waals surface area contributed by atoms with Crippen molar-refractivity contribution >= 4 is 23.2 Å². The van der Waals surface area contributed by atoms with Gasteiger partial charge < -0.3 is 10.4 Å². The molecule has 0 spiro atoms. The molecule has 1 heterocycles. The number of carboxylic acid groups (broad SMARTS) is 1. The molecule has 1 atom stereocenters. The van der Waals surface area contributed by atoms with Gasteiger partial charge in [-0.2, -0.15) is 0 Å². The molecule has 1 aliphatic carbocycles. The smallest absolute Gasteiger partial charge is 0.305 e. The lowest BCUT2D eigenvalue weighted by Crippen LogP contribution is -2.44. The average Bonchev–Trinajstić information content (AvgIpc) is 2.79. The molecule has 1 unspecified atom stereocenters. The fraction of sp³-hybridized carbons (Fsp3) is 0.625. The summed E-state index contributed by atoms with van der Waals surface area (Å²) in [5, 5.41) is 11.7. The number of rotatable bonds is 5. The fourth-order valence-electron chi connectivity index (χ4n) is 2.85. The number of carbonyl (C=O) groups is 2. The number of carbonyl (C=O) groups excluding carboxylic acids is 1. The number of amides is 1. The number of nitrogens with one attached hydrogen (secondary N) is 1. The second-order valence-electron chi connectivity index (χ2n) is 6.48. The lowest BCUT2D eigenvalue weighted by Gasteiger charge is -2.23. The monoisotopic (exact) mass is 309 g/mol. The van der Waals surface area contributed by atoms with E-state index in [2.05, 4.69) is 12.2 Å². The first-order valence-electron chi connectivity index (χ1n) is 7.46. The van der Waals surface area contributed by atoms with Crippen molar-refractivity contribution in [3.63, 3.8) is 0 Å². The maximum Gasteiger partial charge on any atom is 0.305 e. The summed E-state index contributed by atoms with van der Waals surface area (Å²) < 4.78 is 0. The first-order chi connectivity index (χ1) is 9.80. The Labute approximate surface area is 129 Å². The summed E-state index contributed by atoms with van der Waals surface area (Å²) in [5.74, 6) is -0.336. The minimum Gasteiger partial charge on any atom is -0.481 e. The van der Waals surface area contributed by atoms with E-state index in [1.54, 1.807) is 25.2 Å². The van der Waals surface area contributed by atoms with Gasteiger partial charge in [-0.25, -0.2) is 0 Å². The Kier molecular flexibility index (Phi) is 4.71. The SMILES string of the molecule is CCC1CCc2sc(C(=O)NC(C)(C)CC(=O)O)cc2C1. The van der Waals surface area contributed by atoms with Crippen molar-refractivity contribution in [1.82, 2.24) is 5.32 Å². The summed E-state index contributed by atoms with van der Waals surface area (Å²) in [4.78, 5) is 25.2. The Bertz CT molecular complexity index is 548. The largest absolute Gasteiger partial charge is 0.481 e. The van der Waals surface area contributed by atoms with Gasteiger partial charge >= 0.3 is 5.97 Å². The van der Waals surface area contributed by atoms with E-state index in [4.69, 9.17) is 5.11 Å². The van der Waals surface area contributed by atoms with Crippen molar-refractivity contribution in [3.05, 3.63) is 21.4 Å². The van der Waals surface area contributed by atoms with Crippen molar-refractivity contribution in [2.24, 2.45) is 5.92 Å². The van der Waals surface area contributed by atoms with Gasteiger partial charge in [0.05, 0.1) is 11.3 Å². The summed E-state index contributed by atoms with van der Waals surface area (Å²) in [6, 6.07) is 1.99. The molecular formula is C16H23NO3S. The molecule has 4 nitrogen and oxygen atoms in total. The molecule has 5 heteroatoms. The van der Waals surface area contributed by atoms with E-state index in [9.17, 15) is 9.59 Å². The highest BCUT2D eigenvalue weighted by molar-refractivity contribution is 7.14. The van der Waals surface area contributed by atoms with Crippen LogP contribution >= 0.6 is 11.3 Å². The Hall–Kier alpha value is -1.36. The maximum absolute atomic E-state index is 12.3. The highest BCUT2D eigenvalue weighted by Gasteiger charge is 2.27. The molecule has 0 bridgehead atoms. The predicted octanol–water partition coefficient (Wildman–Crippen LogP) is 3.25. The van der Waals surface area contributed by atoms with E-state index < -0.39 is 11.5 Å². The Morgan fingerprint density at radius 3 is 2.81 bits per heavy atom. The third-order valence-corrected chi connectivity index (χ3v) is 5.27. The lowest BCUT2D eigenvalue weighted by atomic mass is 9.87. The summed E-state index contributed by atoms with van der Waals surface area (Å²) in [6.07, 6.45) is 4.43. The van der Waals surface area contributed by atoms with E-state index in [0.29, 0.717) is 4.88 Å². The molecule has 2 rings (SSSR count). The van der Waals surface area contributed by atoms with Gasteiger partial charge in [0.25, 0.3) is 5.91 Å². The van der Waals surface area contributed by atoms with Crippen molar-refractivity contribution < 1.29 is 14.7 Å². The van der Waals surface area contributed by atoms with Crippen molar-refractivity contribution in [1.29, 1.82) is 0 Å². The van der Waals surface area contributed by atoms with Crippen LogP contribution in [0.3, 0.4) is 0 Å². The van der Waals surface area contributed by atoms with Gasteiger partial charge in [0, 0.05) is 10.4 Å². The van der Waals surface area contributed by atoms with Crippen LogP contribution in [-0.2, 0) is 17.6 Å². The predicted molar refractivity (Wildman–Crippen MR) is 83.9 cm³/mol. The van der Waals surface area contributed by atoms with Crippen LogP contribution in [0, 0.1) is 5.92 Å². The van der Waals surface area contributed by atoms with E-state index in [0.717, 1.165) is 18.8 Å². The van der Waals surface area contributed by atoms with Crippen LogP contribution in [0.4, 0.5) is 0 Å². The van der Waals surface area contributed by atoms with E-state index >= 15 is 0 Å². The second kappa shape index (κ2) is 6.18. The number of fused-ring (bicyclic) bond motifs is 1. The second-order valence-corrected chi connectivity index (χ2v) is 7.62. The number of hydrogen-bond donors (Lipinski definition) is 2. The molecule has 1 aromatic rings. The minimum absolute atomic E-state index is 0.0816. The zero-order valence-electron chi connectivity index (χ0n) is 12.9. The summed E-state index contributed by atoms with van der Waals surface area (Å²) >= 11 is 1.56. The number of hydrogen-bond acceptors (Lipinski definition) is 3. The third kappa shape index (κ3) is 4.06. The quantitative estimate of drug-likeness (QED) is 0.877. The highest BCUT2D eigenvalue weighted by atomic mass is 32.1. The van der Waals surface area contributed by atoms with Gasteiger partial charge in [-0.1, -0.05) is 13.3 Å².